The second kappa shape index (κ2) is 8.69. The molecule has 1 amide bonds. The van der Waals surface area contributed by atoms with Crippen LogP contribution in [0.15, 0.2) is 30.3 Å². The third-order valence-corrected chi connectivity index (χ3v) is 5.74. The van der Waals surface area contributed by atoms with Gasteiger partial charge in [0.1, 0.15) is 13.2 Å². The summed E-state index contributed by atoms with van der Waals surface area (Å²) in [6.07, 6.45) is 0. The molecule has 0 spiro atoms. The SMILES string of the molecule is CCN1CCN(c2ccc(Cl)cc2NC(=O)c2cc(Cl)c3c(c2)OCCO3)CC1. The molecular weight excluding hydrogens is 413 g/mol. The van der Waals surface area contributed by atoms with E-state index in [1.165, 1.54) is 0 Å². The van der Waals surface area contributed by atoms with E-state index in [1.54, 1.807) is 18.2 Å². The molecule has 2 heterocycles. The normalized spacial score (nSPS) is 16.6. The van der Waals surface area contributed by atoms with Gasteiger partial charge < -0.3 is 24.6 Å². The highest BCUT2D eigenvalue weighted by molar-refractivity contribution is 6.33. The van der Waals surface area contributed by atoms with E-state index in [4.69, 9.17) is 32.7 Å². The van der Waals surface area contributed by atoms with Gasteiger partial charge in [0, 0.05) is 36.8 Å². The highest BCUT2D eigenvalue weighted by Gasteiger charge is 2.22. The molecule has 0 saturated carbocycles. The first-order chi connectivity index (χ1) is 14.0. The Kier molecular flexibility index (Phi) is 6.04. The van der Waals surface area contributed by atoms with Crippen molar-refractivity contribution in [3.05, 3.63) is 45.9 Å². The first kappa shape index (κ1) is 20.1. The van der Waals surface area contributed by atoms with Crippen molar-refractivity contribution in [2.75, 3.05) is 56.2 Å². The lowest BCUT2D eigenvalue weighted by Gasteiger charge is -2.36. The van der Waals surface area contributed by atoms with E-state index < -0.39 is 0 Å². The van der Waals surface area contributed by atoms with Gasteiger partial charge in [-0.3, -0.25) is 4.79 Å². The number of hydrogen-bond donors (Lipinski definition) is 1. The van der Waals surface area contributed by atoms with Gasteiger partial charge in [0.25, 0.3) is 5.91 Å². The Labute approximate surface area is 180 Å². The quantitative estimate of drug-likeness (QED) is 0.780. The molecule has 29 heavy (non-hydrogen) atoms. The molecule has 0 radical (unpaired) electrons. The number of amides is 1. The van der Waals surface area contributed by atoms with Crippen molar-refractivity contribution in [3.63, 3.8) is 0 Å². The van der Waals surface area contributed by atoms with Crippen LogP contribution in [-0.2, 0) is 0 Å². The Bertz CT molecular complexity index is 914. The van der Waals surface area contributed by atoms with Crippen LogP contribution in [0, 0.1) is 0 Å². The fourth-order valence-electron chi connectivity index (χ4n) is 3.63. The fourth-order valence-corrected chi connectivity index (χ4v) is 4.06. The summed E-state index contributed by atoms with van der Waals surface area (Å²) < 4.78 is 11.1. The van der Waals surface area contributed by atoms with Gasteiger partial charge in [0.05, 0.1) is 16.4 Å². The minimum Gasteiger partial charge on any atom is -0.486 e. The molecule has 2 aliphatic rings. The summed E-state index contributed by atoms with van der Waals surface area (Å²) in [6, 6.07) is 8.82. The minimum atomic E-state index is -0.278. The second-order valence-electron chi connectivity index (χ2n) is 7.02. The molecule has 0 bridgehead atoms. The lowest BCUT2D eigenvalue weighted by Crippen LogP contribution is -2.46. The maximum atomic E-state index is 13.0. The number of likely N-dealkylation sites (N-methyl/N-ethyl adjacent to an activating group) is 1. The number of rotatable bonds is 4. The number of anilines is 2. The van der Waals surface area contributed by atoms with Crippen LogP contribution in [0.1, 0.15) is 17.3 Å². The zero-order chi connectivity index (χ0) is 20.4. The van der Waals surface area contributed by atoms with Gasteiger partial charge in [-0.05, 0) is 36.9 Å². The number of carbonyl (C=O) groups is 1. The van der Waals surface area contributed by atoms with Crippen molar-refractivity contribution in [1.82, 2.24) is 4.90 Å². The average molecular weight is 436 g/mol. The Balaban J connectivity index is 1.57. The van der Waals surface area contributed by atoms with Gasteiger partial charge >= 0.3 is 0 Å². The number of halogens is 2. The predicted molar refractivity (Wildman–Crippen MR) is 116 cm³/mol. The molecule has 6 nitrogen and oxygen atoms in total. The van der Waals surface area contributed by atoms with Gasteiger partial charge in [-0.2, -0.15) is 0 Å². The van der Waals surface area contributed by atoms with Gasteiger partial charge in [-0.15, -0.1) is 0 Å². The average Bonchev–Trinajstić information content (AvgIpc) is 2.74. The minimum absolute atomic E-state index is 0.278. The number of piperazine rings is 1. The van der Waals surface area contributed by atoms with Gasteiger partial charge in [-0.1, -0.05) is 30.1 Å². The summed E-state index contributed by atoms with van der Waals surface area (Å²) in [5.41, 5.74) is 2.04. The summed E-state index contributed by atoms with van der Waals surface area (Å²) in [6.45, 7) is 7.86. The van der Waals surface area contributed by atoms with E-state index in [0.29, 0.717) is 46.0 Å². The molecule has 154 valence electrons. The summed E-state index contributed by atoms with van der Waals surface area (Å²) >= 11 is 12.5. The summed E-state index contributed by atoms with van der Waals surface area (Å²) in [4.78, 5) is 17.6. The summed E-state index contributed by atoms with van der Waals surface area (Å²) in [7, 11) is 0. The Morgan fingerprint density at radius 2 is 1.83 bits per heavy atom. The van der Waals surface area contributed by atoms with Crippen molar-refractivity contribution in [3.8, 4) is 11.5 Å². The molecule has 0 unspecified atom stereocenters. The van der Waals surface area contributed by atoms with Crippen LogP contribution < -0.4 is 19.7 Å². The van der Waals surface area contributed by atoms with Crippen molar-refractivity contribution < 1.29 is 14.3 Å². The smallest absolute Gasteiger partial charge is 0.255 e. The van der Waals surface area contributed by atoms with Gasteiger partial charge in [0.2, 0.25) is 0 Å². The fraction of sp³-hybridized carbons (Fsp3) is 0.381. The number of carbonyl (C=O) groups excluding carboxylic acids is 1. The van der Waals surface area contributed by atoms with Crippen molar-refractivity contribution in [1.29, 1.82) is 0 Å². The maximum absolute atomic E-state index is 13.0. The van der Waals surface area contributed by atoms with Crippen LogP contribution in [0.5, 0.6) is 11.5 Å². The van der Waals surface area contributed by atoms with Crippen molar-refractivity contribution in [2.45, 2.75) is 6.92 Å². The molecule has 2 aromatic carbocycles. The topological polar surface area (TPSA) is 54.0 Å². The third kappa shape index (κ3) is 4.39. The molecular formula is C21H23Cl2N3O3. The number of hydrogen-bond acceptors (Lipinski definition) is 5. The summed E-state index contributed by atoms with van der Waals surface area (Å²) in [5.74, 6) is 0.683. The maximum Gasteiger partial charge on any atom is 0.255 e. The van der Waals surface area contributed by atoms with E-state index in [2.05, 4.69) is 22.0 Å². The van der Waals surface area contributed by atoms with Crippen LogP contribution >= 0.6 is 23.2 Å². The molecule has 1 N–H and O–H groups in total. The molecule has 1 saturated heterocycles. The lowest BCUT2D eigenvalue weighted by molar-refractivity contribution is 0.102. The van der Waals surface area contributed by atoms with Gasteiger partial charge in [0.15, 0.2) is 11.5 Å². The zero-order valence-electron chi connectivity index (χ0n) is 16.2. The molecule has 0 atom stereocenters. The summed E-state index contributed by atoms with van der Waals surface area (Å²) in [5, 5.41) is 3.91. The third-order valence-electron chi connectivity index (χ3n) is 5.23. The number of ether oxygens (including phenoxy) is 2. The molecule has 8 heteroatoms. The van der Waals surface area contributed by atoms with Crippen LogP contribution in [0.3, 0.4) is 0 Å². The largest absolute Gasteiger partial charge is 0.486 e. The number of fused-ring (bicyclic) bond motifs is 1. The molecule has 0 aromatic heterocycles. The number of nitrogens with one attached hydrogen (secondary N) is 1. The van der Waals surface area contributed by atoms with Crippen LogP contribution in [0.2, 0.25) is 10.0 Å². The van der Waals surface area contributed by atoms with Crippen LogP contribution in [0.25, 0.3) is 0 Å². The van der Waals surface area contributed by atoms with Crippen LogP contribution in [0.4, 0.5) is 11.4 Å². The Morgan fingerprint density at radius 1 is 1.07 bits per heavy atom. The Hall–Kier alpha value is -2.15. The van der Waals surface area contributed by atoms with Crippen molar-refractivity contribution in [2.24, 2.45) is 0 Å². The number of nitrogens with zero attached hydrogens (tertiary/aromatic N) is 2. The molecule has 1 fully saturated rings. The monoisotopic (exact) mass is 435 g/mol. The molecule has 2 aliphatic heterocycles. The molecule has 0 aliphatic carbocycles. The molecule has 4 rings (SSSR count). The van der Waals surface area contributed by atoms with Gasteiger partial charge in [-0.25, -0.2) is 0 Å². The highest BCUT2D eigenvalue weighted by Crippen LogP contribution is 2.39. The van der Waals surface area contributed by atoms with Crippen LogP contribution in [-0.4, -0.2) is 56.7 Å². The Morgan fingerprint density at radius 3 is 2.59 bits per heavy atom. The van der Waals surface area contributed by atoms with E-state index in [-0.39, 0.29) is 5.91 Å². The lowest BCUT2D eigenvalue weighted by atomic mass is 10.1. The first-order valence-electron chi connectivity index (χ1n) is 9.72. The predicted octanol–water partition coefficient (Wildman–Crippen LogP) is 4.16. The van der Waals surface area contributed by atoms with Crippen molar-refractivity contribution >= 4 is 40.5 Å². The van der Waals surface area contributed by atoms with E-state index >= 15 is 0 Å². The zero-order valence-corrected chi connectivity index (χ0v) is 17.7. The standard InChI is InChI=1S/C21H23Cl2N3O3/c1-2-25-5-7-26(8-6-25)18-4-3-15(22)13-17(18)24-21(27)14-11-16(23)20-19(12-14)28-9-10-29-20/h3-4,11-13H,2,5-10H2,1H3,(H,24,27). The molecule has 2 aromatic rings. The first-order valence-corrected chi connectivity index (χ1v) is 10.5. The van der Waals surface area contributed by atoms with E-state index in [9.17, 15) is 4.79 Å². The number of benzene rings is 2. The highest BCUT2D eigenvalue weighted by atomic mass is 35.5. The second-order valence-corrected chi connectivity index (χ2v) is 7.86. The van der Waals surface area contributed by atoms with E-state index in [1.807, 2.05) is 12.1 Å². The van der Waals surface area contributed by atoms with E-state index in [0.717, 1.165) is 38.4 Å².